The maximum Gasteiger partial charge on any atom is 0.320 e. The first-order valence-electron chi connectivity index (χ1n) is 5.97. The number of carbonyl (C=O) groups is 2. The molecule has 0 aromatic rings. The van der Waals surface area contributed by atoms with Gasteiger partial charge in [-0.2, -0.15) is 8.42 Å². The van der Waals surface area contributed by atoms with Crippen molar-refractivity contribution < 1.29 is 31.7 Å². The van der Waals surface area contributed by atoms with E-state index in [1.165, 1.54) is 14.2 Å². The van der Waals surface area contributed by atoms with Gasteiger partial charge in [-0.3, -0.25) is 13.8 Å². The van der Waals surface area contributed by atoms with Crippen molar-refractivity contribution in [3.05, 3.63) is 12.2 Å². The molecule has 0 spiro atoms. The minimum absolute atomic E-state index is 0.0623. The molecule has 0 heterocycles. The molecule has 0 aromatic heterocycles. The quantitative estimate of drug-likeness (QED) is 0.203. The van der Waals surface area contributed by atoms with Crippen LogP contribution in [0.15, 0.2) is 12.2 Å². The average Bonchev–Trinajstić information content (AvgIpc) is 2.39. The number of esters is 2. The molecule has 0 amide bonds. The van der Waals surface area contributed by atoms with Gasteiger partial charge in [0.1, 0.15) is 0 Å². The number of hydrogen-bond acceptors (Lipinski definition) is 7. The normalized spacial score (nSPS) is 11.8. The number of allylic oxidation sites excluding steroid dienone is 1. The Morgan fingerprint density at radius 3 is 2.00 bits per heavy atom. The second-order valence-corrected chi connectivity index (χ2v) is 5.61. The highest BCUT2D eigenvalue weighted by Crippen LogP contribution is 2.11. The van der Waals surface area contributed by atoms with Gasteiger partial charge in [0.25, 0.3) is 10.1 Å². The lowest BCUT2D eigenvalue weighted by Gasteiger charge is -2.10. The Bertz CT molecular complexity index is 423. The van der Waals surface area contributed by atoms with Crippen LogP contribution in [0.2, 0.25) is 0 Å². The van der Waals surface area contributed by atoms with Gasteiger partial charge in [-0.25, -0.2) is 0 Å². The van der Waals surface area contributed by atoms with Gasteiger partial charge in [0, 0.05) is 0 Å². The van der Waals surface area contributed by atoms with Crippen molar-refractivity contribution in [1.29, 1.82) is 0 Å². The van der Waals surface area contributed by atoms with Crippen molar-refractivity contribution in [2.24, 2.45) is 5.92 Å². The number of hydrogen-bond donors (Lipinski definition) is 0. The molecular weight excluding hydrogens is 288 g/mol. The third-order valence-corrected chi connectivity index (χ3v) is 2.94. The second-order valence-electron chi connectivity index (χ2n) is 3.96. The Morgan fingerprint density at radius 1 is 1.05 bits per heavy atom. The van der Waals surface area contributed by atoms with E-state index >= 15 is 0 Å². The summed E-state index contributed by atoms with van der Waals surface area (Å²) in [7, 11) is -1.01. The fourth-order valence-corrected chi connectivity index (χ4v) is 1.78. The first kappa shape index (κ1) is 18.6. The molecule has 0 aromatic carbocycles. The van der Waals surface area contributed by atoms with Crippen LogP contribution in [0.3, 0.4) is 0 Å². The highest BCUT2D eigenvalue weighted by Gasteiger charge is 2.27. The molecule has 0 atom stereocenters. The molecule has 20 heavy (non-hydrogen) atoms. The van der Waals surface area contributed by atoms with Crippen molar-refractivity contribution in [2.75, 3.05) is 27.1 Å². The van der Waals surface area contributed by atoms with Crippen molar-refractivity contribution in [1.82, 2.24) is 0 Å². The smallest absolute Gasteiger partial charge is 0.320 e. The van der Waals surface area contributed by atoms with Crippen LogP contribution in [0.25, 0.3) is 0 Å². The fraction of sp³-hybridized carbons (Fsp3) is 0.667. The Balaban J connectivity index is 4.06. The summed E-state index contributed by atoms with van der Waals surface area (Å²) in [4.78, 5) is 22.7. The molecule has 0 aliphatic carbocycles. The molecule has 7 nitrogen and oxygen atoms in total. The maximum absolute atomic E-state index is 11.4. The van der Waals surface area contributed by atoms with Gasteiger partial charge in [0.05, 0.1) is 27.1 Å². The fourth-order valence-electron chi connectivity index (χ4n) is 1.38. The van der Waals surface area contributed by atoms with Crippen LogP contribution in [-0.4, -0.2) is 47.4 Å². The van der Waals surface area contributed by atoms with E-state index < -0.39 is 28.0 Å². The summed E-state index contributed by atoms with van der Waals surface area (Å²) in [5.74, 6) is -2.21. The van der Waals surface area contributed by atoms with Crippen LogP contribution in [0.5, 0.6) is 0 Å². The van der Waals surface area contributed by atoms with Crippen molar-refractivity contribution in [3.63, 3.8) is 0 Å². The predicted octanol–water partition coefficient (Wildman–Crippen LogP) is 0.651. The number of carbonyl (C=O) groups excluding carboxylic acids is 2. The molecular formula is C12H20O7S. The Morgan fingerprint density at radius 2 is 1.55 bits per heavy atom. The molecule has 0 rings (SSSR count). The van der Waals surface area contributed by atoms with E-state index in [2.05, 4.69) is 13.7 Å². The summed E-state index contributed by atoms with van der Waals surface area (Å²) >= 11 is 0. The SMILES string of the molecule is COC(=O)C(CC/C=C\CCOS(C)(=O)=O)C(=O)OC. The topological polar surface area (TPSA) is 96.0 Å². The maximum atomic E-state index is 11.4. The molecule has 0 fully saturated rings. The zero-order valence-electron chi connectivity index (χ0n) is 11.8. The molecule has 0 radical (unpaired) electrons. The lowest BCUT2D eigenvalue weighted by Crippen LogP contribution is -2.26. The van der Waals surface area contributed by atoms with Crippen LogP contribution in [0, 0.1) is 5.92 Å². The average molecular weight is 308 g/mol. The summed E-state index contributed by atoms with van der Waals surface area (Å²) in [6.45, 7) is 0.0623. The van der Waals surface area contributed by atoms with Crippen LogP contribution in [0.4, 0.5) is 0 Å². The number of ether oxygens (including phenoxy) is 2. The van der Waals surface area contributed by atoms with E-state index in [1.54, 1.807) is 12.2 Å². The summed E-state index contributed by atoms with van der Waals surface area (Å²) in [5.41, 5.74) is 0. The Labute approximate surface area is 119 Å². The Kier molecular flexibility index (Phi) is 8.82. The van der Waals surface area contributed by atoms with Gasteiger partial charge in [0.2, 0.25) is 0 Å². The van der Waals surface area contributed by atoms with E-state index in [0.29, 0.717) is 12.8 Å². The van der Waals surface area contributed by atoms with Crippen LogP contribution in [-0.2, 0) is 33.4 Å². The van der Waals surface area contributed by atoms with E-state index in [9.17, 15) is 18.0 Å². The van der Waals surface area contributed by atoms with Gasteiger partial charge in [-0.1, -0.05) is 12.2 Å². The molecule has 0 aliphatic heterocycles. The Hall–Kier alpha value is -1.41. The van der Waals surface area contributed by atoms with Gasteiger partial charge in [-0.05, 0) is 19.3 Å². The van der Waals surface area contributed by atoms with E-state index in [4.69, 9.17) is 0 Å². The molecule has 0 saturated carbocycles. The molecule has 8 heteroatoms. The minimum Gasteiger partial charge on any atom is -0.468 e. The van der Waals surface area contributed by atoms with Gasteiger partial charge < -0.3 is 9.47 Å². The second kappa shape index (κ2) is 9.49. The zero-order valence-corrected chi connectivity index (χ0v) is 12.6. The van der Waals surface area contributed by atoms with E-state index in [0.717, 1.165) is 6.26 Å². The van der Waals surface area contributed by atoms with Crippen molar-refractivity contribution >= 4 is 22.1 Å². The number of rotatable bonds is 9. The predicted molar refractivity (Wildman–Crippen MR) is 71.3 cm³/mol. The van der Waals surface area contributed by atoms with E-state index in [-0.39, 0.29) is 13.0 Å². The third kappa shape index (κ3) is 8.65. The summed E-state index contributed by atoms with van der Waals surface area (Å²) in [6.07, 6.45) is 5.60. The molecule has 0 saturated heterocycles. The minimum atomic E-state index is -3.42. The van der Waals surface area contributed by atoms with Crippen LogP contribution >= 0.6 is 0 Å². The van der Waals surface area contributed by atoms with Gasteiger partial charge in [-0.15, -0.1) is 0 Å². The molecule has 0 N–H and O–H groups in total. The largest absolute Gasteiger partial charge is 0.468 e. The highest BCUT2D eigenvalue weighted by molar-refractivity contribution is 7.85. The number of methoxy groups -OCH3 is 2. The molecule has 0 aliphatic rings. The van der Waals surface area contributed by atoms with Crippen LogP contribution < -0.4 is 0 Å². The lowest BCUT2D eigenvalue weighted by atomic mass is 10.0. The zero-order chi connectivity index (χ0) is 15.6. The molecule has 0 bridgehead atoms. The third-order valence-electron chi connectivity index (χ3n) is 2.34. The first-order chi connectivity index (χ1) is 9.31. The summed E-state index contributed by atoms with van der Waals surface area (Å²) in [6, 6.07) is 0. The van der Waals surface area contributed by atoms with Crippen LogP contribution in [0.1, 0.15) is 19.3 Å². The van der Waals surface area contributed by atoms with Crippen molar-refractivity contribution in [3.8, 4) is 0 Å². The standard InChI is InChI=1S/C12H20O7S/c1-17-11(13)10(12(14)18-2)8-6-4-5-7-9-19-20(3,15)16/h4-5,10H,6-9H2,1-3H3/b5-4-. The highest BCUT2D eigenvalue weighted by atomic mass is 32.2. The van der Waals surface area contributed by atoms with E-state index in [1.807, 2.05) is 0 Å². The summed E-state index contributed by atoms with van der Waals surface area (Å²) < 4.78 is 34.9. The van der Waals surface area contributed by atoms with Crippen molar-refractivity contribution in [2.45, 2.75) is 19.3 Å². The molecule has 116 valence electrons. The van der Waals surface area contributed by atoms with Gasteiger partial charge in [0.15, 0.2) is 5.92 Å². The summed E-state index contributed by atoms with van der Waals surface area (Å²) in [5, 5.41) is 0. The lowest BCUT2D eigenvalue weighted by molar-refractivity contribution is -0.159. The first-order valence-corrected chi connectivity index (χ1v) is 7.78. The van der Waals surface area contributed by atoms with Gasteiger partial charge >= 0.3 is 11.9 Å². The monoisotopic (exact) mass is 308 g/mol. The molecule has 0 unspecified atom stereocenters.